The van der Waals surface area contributed by atoms with Crippen molar-refractivity contribution in [3.8, 4) is 11.5 Å². The van der Waals surface area contributed by atoms with E-state index in [0.29, 0.717) is 73.0 Å². The van der Waals surface area contributed by atoms with E-state index >= 15 is 0 Å². The number of carbonyl (C=O) groups excluding carboxylic acids is 4. The van der Waals surface area contributed by atoms with Gasteiger partial charge in [-0.3, -0.25) is 39.8 Å². The zero-order chi connectivity index (χ0) is 61.6. The number of hydrogen-bond donors (Lipinski definition) is 2. The Labute approximate surface area is 479 Å². The second-order valence-electron chi connectivity index (χ2n) is 21.8. The summed E-state index contributed by atoms with van der Waals surface area (Å²) in [6.45, 7) is 21.1. The molecule has 424 valence electrons. The molecule has 10 rings (SSSR count). The number of hydrogen-bond acceptors (Lipinski definition) is 12. The topological polar surface area (TPSA) is 185 Å². The number of aromatic nitrogens is 6. The van der Waals surface area contributed by atoms with Crippen molar-refractivity contribution in [3.05, 3.63) is 121 Å². The molecule has 4 amide bonds. The fraction of sp³-hybridized carbons (Fsp3) is 0.484. The monoisotopic (exact) mass is 1090 g/mol. The molecule has 4 aromatic heterocycles. The van der Waals surface area contributed by atoms with Crippen molar-refractivity contribution < 1.29 is 36.9 Å². The average Bonchev–Trinajstić information content (AvgIpc) is 1.66. The number of nitrogens with one attached hydrogen (secondary N) is 2. The fourth-order valence-corrected chi connectivity index (χ4v) is 11.5. The highest BCUT2D eigenvalue weighted by molar-refractivity contribution is 6.05. The standard InChI is InChI=1S/2C31H40N6O3/c2*1-5-28(38)36-16-7-6-9-24(20-36)37-29-26(33-31(37)34-30(39)23-12-15-32-22(4)19-23)10-8-11-27(29)40-25-13-17-35(18-14-25)21(2)3/h2*5,8,10-12,15,19,21,24-25H,1,6-7,9,13-14,16-18,20H2,2-4H3,(H,33,34,39)/t24-;/m1./s1/i4D3,12D,15D,19D;. The largest absolute Gasteiger partial charge is 0.488 e. The summed E-state index contributed by atoms with van der Waals surface area (Å²) in [6.07, 6.45) is 12.2. The molecule has 2 N–H and O–H groups in total. The molecule has 0 spiro atoms. The first-order chi connectivity index (χ1) is 41.1. The first-order valence-electron chi connectivity index (χ1n) is 31.3. The van der Waals surface area contributed by atoms with E-state index in [-0.39, 0.29) is 48.0 Å². The zero-order valence-electron chi connectivity index (χ0n) is 52.9. The van der Waals surface area contributed by atoms with E-state index < -0.39 is 42.3 Å². The predicted octanol–water partition coefficient (Wildman–Crippen LogP) is 9.97. The van der Waals surface area contributed by atoms with Crippen molar-refractivity contribution in [2.75, 3.05) is 63.0 Å². The number of imidazole rings is 2. The molecule has 4 saturated heterocycles. The van der Waals surface area contributed by atoms with E-state index in [0.717, 1.165) is 106 Å². The Morgan fingerprint density at radius 3 is 1.59 bits per heavy atom. The fourth-order valence-electron chi connectivity index (χ4n) is 11.5. The van der Waals surface area contributed by atoms with Gasteiger partial charge in [-0.1, -0.05) is 25.3 Å². The van der Waals surface area contributed by atoms with Crippen LogP contribution in [0.15, 0.2) is 98.3 Å². The molecular weight excluding hydrogens is 1010 g/mol. The number of ether oxygens (including phenoxy) is 2. The zero-order valence-corrected chi connectivity index (χ0v) is 46.9. The number of para-hydroxylation sites is 2. The number of benzene rings is 2. The number of pyridine rings is 2. The van der Waals surface area contributed by atoms with E-state index in [1.807, 2.05) is 46.7 Å². The van der Waals surface area contributed by atoms with Crippen molar-refractivity contribution in [2.45, 2.75) is 142 Å². The number of nitrogens with zero attached hydrogens (tertiary/aromatic N) is 10. The molecule has 0 saturated carbocycles. The maximum Gasteiger partial charge on any atom is 0.258 e. The summed E-state index contributed by atoms with van der Waals surface area (Å²) in [6, 6.07) is 14.0. The Kier molecular flexibility index (Phi) is 16.3. The number of amides is 4. The molecular formula is C62H80N12O6. The molecule has 6 aromatic rings. The second-order valence-corrected chi connectivity index (χ2v) is 21.8. The highest BCUT2D eigenvalue weighted by Gasteiger charge is 2.32. The summed E-state index contributed by atoms with van der Waals surface area (Å²) < 4.78 is 65.2. The molecule has 80 heavy (non-hydrogen) atoms. The SMILES string of the molecule is C=CC(=O)N1CCCCC(n2c(NC(=O)c3ccnc(C)c3)nc3cccc(OC4CCN(C(C)C)CC4)c32)C1.[2H]c1nc(C([2H])([2H])[2H])c([2H])c(C(=O)Nc2nc3cccc(OC4CCN(C(C)C)CC4)c3n2[C@@H]2CCCCN(C(=O)C=C)C2)c1[2H]. The van der Waals surface area contributed by atoms with Crippen LogP contribution in [0.2, 0.25) is 0 Å². The van der Waals surface area contributed by atoms with Crippen LogP contribution in [-0.2, 0) is 9.59 Å². The Bertz CT molecular complexity index is 3460. The van der Waals surface area contributed by atoms with Gasteiger partial charge in [0.05, 0.1) is 27.2 Å². The van der Waals surface area contributed by atoms with Gasteiger partial charge in [0.25, 0.3) is 11.8 Å². The molecule has 0 bridgehead atoms. The maximum atomic E-state index is 13.8. The molecule has 8 heterocycles. The third kappa shape index (κ3) is 13.6. The highest BCUT2D eigenvalue weighted by atomic mass is 16.5. The molecule has 4 aliphatic heterocycles. The van der Waals surface area contributed by atoms with Crippen molar-refractivity contribution >= 4 is 57.6 Å². The number of aryl methyl sites for hydroxylation is 2. The van der Waals surface area contributed by atoms with Crippen molar-refractivity contribution in [1.29, 1.82) is 0 Å². The lowest BCUT2D eigenvalue weighted by Gasteiger charge is -2.34. The van der Waals surface area contributed by atoms with E-state index in [1.165, 1.54) is 12.2 Å². The number of anilines is 2. The molecule has 2 atom stereocenters. The molecule has 2 aromatic carbocycles. The number of piperidine rings is 2. The van der Waals surface area contributed by atoms with Crippen LogP contribution in [0.5, 0.6) is 11.5 Å². The third-order valence-electron chi connectivity index (χ3n) is 15.8. The van der Waals surface area contributed by atoms with Crippen LogP contribution in [0, 0.1) is 13.8 Å². The quantitative estimate of drug-likeness (QED) is 0.0986. The van der Waals surface area contributed by atoms with E-state index in [2.05, 4.69) is 75.8 Å². The Morgan fingerprint density at radius 1 is 0.650 bits per heavy atom. The Hall–Kier alpha value is -7.44. The van der Waals surface area contributed by atoms with Gasteiger partial charge in [0.15, 0.2) is 0 Å². The summed E-state index contributed by atoms with van der Waals surface area (Å²) in [5.41, 5.74) is 2.76. The van der Waals surface area contributed by atoms with Gasteiger partial charge in [0.1, 0.15) is 34.7 Å². The number of rotatable bonds is 14. The number of fused-ring (bicyclic) bond motifs is 2. The third-order valence-corrected chi connectivity index (χ3v) is 15.8. The van der Waals surface area contributed by atoms with Crippen LogP contribution < -0.4 is 20.1 Å². The molecule has 18 heteroatoms. The summed E-state index contributed by atoms with van der Waals surface area (Å²) >= 11 is 0. The van der Waals surface area contributed by atoms with Crippen LogP contribution in [0.1, 0.15) is 144 Å². The van der Waals surface area contributed by atoms with Gasteiger partial charge in [-0.2, -0.15) is 0 Å². The summed E-state index contributed by atoms with van der Waals surface area (Å²) in [4.78, 5) is 78.4. The van der Waals surface area contributed by atoms with Gasteiger partial charge in [0.2, 0.25) is 23.7 Å². The minimum absolute atomic E-state index is 0.0303. The van der Waals surface area contributed by atoms with Crippen molar-refractivity contribution in [2.24, 2.45) is 0 Å². The Morgan fingerprint density at radius 2 is 1.14 bits per heavy atom. The van der Waals surface area contributed by atoms with Gasteiger partial charge in [0, 0.05) is 103 Å². The minimum atomic E-state index is -2.86. The lowest BCUT2D eigenvalue weighted by atomic mass is 10.1. The van der Waals surface area contributed by atoms with Gasteiger partial charge in [-0.25, -0.2) is 9.97 Å². The molecule has 4 fully saturated rings. The van der Waals surface area contributed by atoms with E-state index in [1.54, 1.807) is 29.3 Å². The van der Waals surface area contributed by atoms with Gasteiger partial charge in [-0.05, 0) is 166 Å². The molecule has 0 aliphatic carbocycles. The summed E-state index contributed by atoms with van der Waals surface area (Å²) in [5, 5.41) is 5.79. The van der Waals surface area contributed by atoms with Crippen LogP contribution >= 0.6 is 0 Å². The van der Waals surface area contributed by atoms with Crippen LogP contribution in [0.25, 0.3) is 22.1 Å². The minimum Gasteiger partial charge on any atom is -0.488 e. The lowest BCUT2D eigenvalue weighted by Crippen LogP contribution is -2.41. The number of likely N-dealkylation sites (tertiary alicyclic amines) is 4. The highest BCUT2D eigenvalue weighted by Crippen LogP contribution is 2.39. The molecule has 4 aliphatic rings. The van der Waals surface area contributed by atoms with E-state index in [9.17, 15) is 19.2 Å². The van der Waals surface area contributed by atoms with Gasteiger partial charge >= 0.3 is 0 Å². The lowest BCUT2D eigenvalue weighted by molar-refractivity contribution is -0.127. The molecule has 1 unspecified atom stereocenters. The smallest absolute Gasteiger partial charge is 0.258 e. The van der Waals surface area contributed by atoms with Crippen LogP contribution in [-0.4, -0.2) is 149 Å². The van der Waals surface area contributed by atoms with Crippen molar-refractivity contribution in [3.63, 3.8) is 0 Å². The van der Waals surface area contributed by atoms with Crippen LogP contribution in [0.3, 0.4) is 0 Å². The normalized spacial score (nSPS) is 20.2. The van der Waals surface area contributed by atoms with Crippen molar-refractivity contribution in [1.82, 2.24) is 48.7 Å². The molecule has 18 nitrogen and oxygen atoms in total. The first-order valence-corrected chi connectivity index (χ1v) is 28.3. The second kappa shape index (κ2) is 26.2. The number of carbonyl (C=O) groups is 4. The van der Waals surface area contributed by atoms with Crippen LogP contribution in [0.4, 0.5) is 11.9 Å². The van der Waals surface area contributed by atoms with Gasteiger partial charge < -0.3 is 38.2 Å². The van der Waals surface area contributed by atoms with Gasteiger partial charge in [-0.15, -0.1) is 0 Å². The summed E-state index contributed by atoms with van der Waals surface area (Å²) in [5.74, 6) is 0.414. The predicted molar refractivity (Wildman–Crippen MR) is 313 cm³/mol. The molecule has 0 radical (unpaired) electrons. The maximum absolute atomic E-state index is 13.8. The Balaban J connectivity index is 0.000000207. The van der Waals surface area contributed by atoms with E-state index in [4.69, 9.17) is 27.7 Å². The first kappa shape index (κ1) is 49.6. The average molecular weight is 1100 g/mol. The summed E-state index contributed by atoms with van der Waals surface area (Å²) in [7, 11) is 0.